The number of nitrogens with one attached hydrogen (secondary N) is 2. The molecule has 1 aromatic carbocycles. The Kier molecular flexibility index (Phi) is 4.40. The first-order valence-electron chi connectivity index (χ1n) is 6.62. The topological polar surface area (TPSA) is 67.0 Å². The number of carbonyl (C=O) groups excluding carboxylic acids is 1. The van der Waals surface area contributed by atoms with Gasteiger partial charge >= 0.3 is 0 Å². The minimum Gasteiger partial charge on any atom is -0.484 e. The SMILES string of the molecule is CCc1cn[nH]c1NC(=O)COc1ccc(C)c(C)c1. The molecule has 2 N–H and O–H groups in total. The monoisotopic (exact) mass is 273 g/mol. The van der Waals surface area contributed by atoms with Gasteiger partial charge < -0.3 is 10.1 Å². The molecule has 0 spiro atoms. The Morgan fingerprint density at radius 1 is 1.35 bits per heavy atom. The summed E-state index contributed by atoms with van der Waals surface area (Å²) in [6.45, 7) is 6.04. The summed E-state index contributed by atoms with van der Waals surface area (Å²) in [5.41, 5.74) is 3.32. The first-order chi connectivity index (χ1) is 9.60. The number of H-pyrrole nitrogens is 1. The number of hydrogen-bond acceptors (Lipinski definition) is 3. The van der Waals surface area contributed by atoms with E-state index in [1.807, 2.05) is 39.0 Å². The van der Waals surface area contributed by atoms with Gasteiger partial charge in [0.1, 0.15) is 11.6 Å². The number of ether oxygens (including phenoxy) is 1. The van der Waals surface area contributed by atoms with Gasteiger partial charge in [-0.15, -0.1) is 0 Å². The van der Waals surface area contributed by atoms with Crippen LogP contribution in [0.1, 0.15) is 23.6 Å². The molecule has 0 bridgehead atoms. The van der Waals surface area contributed by atoms with Gasteiger partial charge in [-0.1, -0.05) is 13.0 Å². The fourth-order valence-corrected chi connectivity index (χ4v) is 1.82. The normalized spacial score (nSPS) is 10.3. The Bertz CT molecular complexity index is 605. The average Bonchev–Trinajstić information content (AvgIpc) is 2.87. The number of aromatic nitrogens is 2. The summed E-state index contributed by atoms with van der Waals surface area (Å²) in [6, 6.07) is 5.77. The molecule has 0 aliphatic rings. The molecule has 1 heterocycles. The highest BCUT2D eigenvalue weighted by atomic mass is 16.5. The zero-order valence-electron chi connectivity index (χ0n) is 12.0. The molecule has 2 rings (SSSR count). The van der Waals surface area contributed by atoms with Gasteiger partial charge in [-0.2, -0.15) is 5.10 Å². The van der Waals surface area contributed by atoms with Crippen molar-refractivity contribution in [2.24, 2.45) is 0 Å². The second-order valence-corrected chi connectivity index (χ2v) is 4.71. The highest BCUT2D eigenvalue weighted by molar-refractivity contribution is 5.91. The predicted molar refractivity (Wildman–Crippen MR) is 78.0 cm³/mol. The van der Waals surface area contributed by atoms with Crippen LogP contribution in [0.2, 0.25) is 0 Å². The van der Waals surface area contributed by atoms with Crippen molar-refractivity contribution in [3.8, 4) is 5.75 Å². The highest BCUT2D eigenvalue weighted by Gasteiger charge is 2.08. The van der Waals surface area contributed by atoms with Crippen LogP contribution < -0.4 is 10.1 Å². The summed E-state index contributed by atoms with van der Waals surface area (Å²) in [6.07, 6.45) is 2.52. The highest BCUT2D eigenvalue weighted by Crippen LogP contribution is 2.16. The van der Waals surface area contributed by atoms with Gasteiger partial charge in [0.15, 0.2) is 6.61 Å². The first-order valence-corrected chi connectivity index (χ1v) is 6.62. The van der Waals surface area contributed by atoms with Gasteiger partial charge in [-0.25, -0.2) is 0 Å². The fraction of sp³-hybridized carbons (Fsp3) is 0.333. The number of aromatic amines is 1. The van der Waals surface area contributed by atoms with Gasteiger partial charge in [0.2, 0.25) is 0 Å². The number of aryl methyl sites for hydroxylation is 3. The summed E-state index contributed by atoms with van der Waals surface area (Å²) in [5.74, 6) is 1.13. The molecule has 0 unspecified atom stereocenters. The third-order valence-corrected chi connectivity index (χ3v) is 3.21. The average molecular weight is 273 g/mol. The molecule has 5 nitrogen and oxygen atoms in total. The van der Waals surface area contributed by atoms with E-state index in [4.69, 9.17) is 4.74 Å². The van der Waals surface area contributed by atoms with E-state index in [0.29, 0.717) is 11.6 Å². The van der Waals surface area contributed by atoms with Crippen molar-refractivity contribution in [3.05, 3.63) is 41.1 Å². The lowest BCUT2D eigenvalue weighted by Crippen LogP contribution is -2.21. The number of carbonyl (C=O) groups is 1. The van der Waals surface area contributed by atoms with Crippen molar-refractivity contribution < 1.29 is 9.53 Å². The van der Waals surface area contributed by atoms with Crippen molar-refractivity contribution >= 4 is 11.7 Å². The first kappa shape index (κ1) is 14.1. The van der Waals surface area contributed by atoms with Gasteiger partial charge in [0.25, 0.3) is 5.91 Å². The van der Waals surface area contributed by atoms with Crippen molar-refractivity contribution in [2.45, 2.75) is 27.2 Å². The van der Waals surface area contributed by atoms with E-state index in [9.17, 15) is 4.79 Å². The van der Waals surface area contributed by atoms with Crippen LogP contribution in [0, 0.1) is 13.8 Å². The van der Waals surface area contributed by atoms with Crippen LogP contribution in [0.5, 0.6) is 5.75 Å². The van der Waals surface area contributed by atoms with Crippen LogP contribution in [-0.4, -0.2) is 22.7 Å². The molecule has 20 heavy (non-hydrogen) atoms. The molecule has 0 radical (unpaired) electrons. The Hall–Kier alpha value is -2.30. The molecule has 5 heteroatoms. The Labute approximate surface area is 118 Å². The van der Waals surface area contributed by atoms with Crippen molar-refractivity contribution in [2.75, 3.05) is 11.9 Å². The standard InChI is InChI=1S/C15H19N3O2/c1-4-12-8-16-18-15(12)17-14(19)9-20-13-6-5-10(2)11(3)7-13/h5-8H,4,9H2,1-3H3,(H2,16,17,18,19). The van der Waals surface area contributed by atoms with Crippen LogP contribution in [0.3, 0.4) is 0 Å². The largest absolute Gasteiger partial charge is 0.484 e. The smallest absolute Gasteiger partial charge is 0.263 e. The molecule has 0 atom stereocenters. The van der Waals surface area contributed by atoms with Crippen LogP contribution in [0.4, 0.5) is 5.82 Å². The second-order valence-electron chi connectivity index (χ2n) is 4.71. The maximum Gasteiger partial charge on any atom is 0.263 e. The van der Waals surface area contributed by atoms with E-state index < -0.39 is 0 Å². The zero-order chi connectivity index (χ0) is 14.5. The molecule has 1 aromatic heterocycles. The molecule has 0 fully saturated rings. The second kappa shape index (κ2) is 6.23. The summed E-state index contributed by atoms with van der Waals surface area (Å²) in [5, 5.41) is 9.43. The van der Waals surface area contributed by atoms with Gasteiger partial charge in [0.05, 0.1) is 6.20 Å². The predicted octanol–water partition coefficient (Wildman–Crippen LogP) is 2.61. The minimum absolute atomic E-state index is 0.0231. The lowest BCUT2D eigenvalue weighted by molar-refractivity contribution is -0.118. The van der Waals surface area contributed by atoms with E-state index in [2.05, 4.69) is 15.5 Å². The molecule has 0 aliphatic carbocycles. The van der Waals surface area contributed by atoms with Gasteiger partial charge in [0, 0.05) is 5.56 Å². The maximum absolute atomic E-state index is 11.8. The molecule has 0 aliphatic heterocycles. The fourth-order valence-electron chi connectivity index (χ4n) is 1.82. The molecular weight excluding hydrogens is 254 g/mol. The van der Waals surface area contributed by atoms with Crippen LogP contribution in [-0.2, 0) is 11.2 Å². The van der Waals surface area contributed by atoms with E-state index >= 15 is 0 Å². The van der Waals surface area contributed by atoms with Crippen molar-refractivity contribution in [1.82, 2.24) is 10.2 Å². The molecule has 0 saturated carbocycles. The van der Waals surface area contributed by atoms with Gasteiger partial charge in [-0.3, -0.25) is 9.89 Å². The molecule has 0 saturated heterocycles. The Balaban J connectivity index is 1.90. The molecule has 1 amide bonds. The van der Waals surface area contributed by atoms with Crippen LogP contribution in [0.15, 0.2) is 24.4 Å². The molecule has 2 aromatic rings. The van der Waals surface area contributed by atoms with Crippen molar-refractivity contribution in [3.63, 3.8) is 0 Å². The minimum atomic E-state index is -0.206. The number of amides is 1. The number of rotatable bonds is 5. The number of anilines is 1. The number of hydrogen-bond donors (Lipinski definition) is 2. The lowest BCUT2D eigenvalue weighted by atomic mass is 10.1. The Morgan fingerprint density at radius 3 is 2.85 bits per heavy atom. The van der Waals surface area contributed by atoms with E-state index in [-0.39, 0.29) is 12.5 Å². The van der Waals surface area contributed by atoms with Crippen LogP contribution >= 0.6 is 0 Å². The number of nitrogens with zero attached hydrogens (tertiary/aromatic N) is 1. The third-order valence-electron chi connectivity index (χ3n) is 3.21. The zero-order valence-corrected chi connectivity index (χ0v) is 12.0. The van der Waals surface area contributed by atoms with Gasteiger partial charge in [-0.05, 0) is 43.5 Å². The number of benzene rings is 1. The molecular formula is C15H19N3O2. The van der Waals surface area contributed by atoms with E-state index in [1.54, 1.807) is 6.20 Å². The lowest BCUT2D eigenvalue weighted by Gasteiger charge is -2.08. The quantitative estimate of drug-likeness (QED) is 0.880. The molecule has 106 valence electrons. The summed E-state index contributed by atoms with van der Waals surface area (Å²) < 4.78 is 5.48. The summed E-state index contributed by atoms with van der Waals surface area (Å²) in [7, 11) is 0. The maximum atomic E-state index is 11.8. The van der Waals surface area contributed by atoms with E-state index in [1.165, 1.54) is 5.56 Å². The summed E-state index contributed by atoms with van der Waals surface area (Å²) in [4.78, 5) is 11.8. The van der Waals surface area contributed by atoms with E-state index in [0.717, 1.165) is 17.5 Å². The third kappa shape index (κ3) is 3.38. The van der Waals surface area contributed by atoms with Crippen molar-refractivity contribution in [1.29, 1.82) is 0 Å². The summed E-state index contributed by atoms with van der Waals surface area (Å²) >= 11 is 0. The van der Waals surface area contributed by atoms with Crippen LogP contribution in [0.25, 0.3) is 0 Å². The Morgan fingerprint density at radius 2 is 2.15 bits per heavy atom.